The first-order valence-electron chi connectivity index (χ1n) is 5.63. The van der Waals surface area contributed by atoms with Crippen molar-refractivity contribution in [1.29, 1.82) is 0 Å². The van der Waals surface area contributed by atoms with Gasteiger partial charge in [0, 0.05) is 21.4 Å². The van der Waals surface area contributed by atoms with E-state index in [1.807, 2.05) is 12.1 Å². The molecular formula is C13H21NOS. The van der Waals surface area contributed by atoms with E-state index in [9.17, 15) is 0 Å². The van der Waals surface area contributed by atoms with Crippen LogP contribution in [0.15, 0.2) is 23.1 Å². The largest absolute Gasteiger partial charge is 0.493 e. The quantitative estimate of drug-likeness (QED) is 0.638. The van der Waals surface area contributed by atoms with Crippen LogP contribution in [-0.2, 0) is 0 Å². The Hall–Kier alpha value is -0.830. The summed E-state index contributed by atoms with van der Waals surface area (Å²) in [4.78, 5) is 1.17. The van der Waals surface area contributed by atoms with Crippen molar-refractivity contribution in [2.24, 2.45) is 0 Å². The lowest BCUT2D eigenvalue weighted by Crippen LogP contribution is -2.07. The standard InChI is InChI=1S/C13H21NOS/c1-5-6-15-11-7-10(14)8-12(9-11)16-13(2,3)4/h7-9H,5-6,14H2,1-4H3. The van der Waals surface area contributed by atoms with Gasteiger partial charge in [-0.15, -0.1) is 11.8 Å². The number of hydrogen-bond acceptors (Lipinski definition) is 3. The number of rotatable bonds is 4. The molecule has 0 radical (unpaired) electrons. The molecule has 0 atom stereocenters. The van der Waals surface area contributed by atoms with Crippen molar-refractivity contribution in [3.8, 4) is 5.75 Å². The smallest absolute Gasteiger partial charge is 0.122 e. The van der Waals surface area contributed by atoms with Crippen LogP contribution in [0.3, 0.4) is 0 Å². The molecule has 0 unspecified atom stereocenters. The fraction of sp³-hybridized carbons (Fsp3) is 0.538. The average molecular weight is 239 g/mol. The van der Waals surface area contributed by atoms with Crippen LogP contribution in [0, 0.1) is 0 Å². The Morgan fingerprint density at radius 2 is 1.94 bits per heavy atom. The Balaban J connectivity index is 2.81. The van der Waals surface area contributed by atoms with Gasteiger partial charge in [-0.3, -0.25) is 0 Å². The lowest BCUT2D eigenvalue weighted by Gasteiger charge is -2.18. The summed E-state index contributed by atoms with van der Waals surface area (Å²) in [6.07, 6.45) is 1.01. The van der Waals surface area contributed by atoms with Crippen molar-refractivity contribution in [3.05, 3.63) is 18.2 Å². The van der Waals surface area contributed by atoms with Gasteiger partial charge < -0.3 is 10.5 Å². The highest BCUT2D eigenvalue weighted by molar-refractivity contribution is 8.00. The molecule has 0 aliphatic rings. The van der Waals surface area contributed by atoms with Gasteiger partial charge in [-0.25, -0.2) is 0 Å². The zero-order valence-corrected chi connectivity index (χ0v) is 11.4. The van der Waals surface area contributed by atoms with Crippen LogP contribution in [0.1, 0.15) is 34.1 Å². The lowest BCUT2D eigenvalue weighted by atomic mass is 10.3. The highest BCUT2D eigenvalue weighted by Crippen LogP contribution is 2.35. The van der Waals surface area contributed by atoms with Crippen LogP contribution >= 0.6 is 11.8 Å². The highest BCUT2D eigenvalue weighted by atomic mass is 32.2. The SMILES string of the molecule is CCCOc1cc(N)cc(SC(C)(C)C)c1. The lowest BCUT2D eigenvalue weighted by molar-refractivity contribution is 0.317. The van der Waals surface area contributed by atoms with E-state index in [1.165, 1.54) is 4.90 Å². The van der Waals surface area contributed by atoms with E-state index in [1.54, 1.807) is 11.8 Å². The third kappa shape index (κ3) is 4.79. The Bertz CT molecular complexity index is 344. The number of hydrogen-bond donors (Lipinski definition) is 1. The first kappa shape index (κ1) is 13.2. The normalized spacial score (nSPS) is 11.5. The van der Waals surface area contributed by atoms with E-state index >= 15 is 0 Å². The molecular weight excluding hydrogens is 218 g/mol. The predicted octanol–water partition coefficient (Wildman–Crippen LogP) is 3.95. The van der Waals surface area contributed by atoms with Crippen LogP contribution in [0.2, 0.25) is 0 Å². The third-order valence-corrected chi connectivity index (χ3v) is 2.88. The van der Waals surface area contributed by atoms with Gasteiger partial charge in [-0.2, -0.15) is 0 Å². The number of nitrogen functional groups attached to an aromatic ring is 1. The molecule has 90 valence electrons. The maximum atomic E-state index is 5.86. The highest BCUT2D eigenvalue weighted by Gasteiger charge is 2.13. The van der Waals surface area contributed by atoms with Gasteiger partial charge in [0.2, 0.25) is 0 Å². The summed E-state index contributed by atoms with van der Waals surface area (Å²) in [5.41, 5.74) is 6.62. The van der Waals surface area contributed by atoms with E-state index in [-0.39, 0.29) is 4.75 Å². The van der Waals surface area contributed by atoms with Gasteiger partial charge in [0.15, 0.2) is 0 Å². The van der Waals surface area contributed by atoms with Crippen molar-refractivity contribution >= 4 is 17.4 Å². The Kier molecular flexibility index (Phi) is 4.54. The molecule has 0 aliphatic heterocycles. The molecule has 0 aromatic heterocycles. The van der Waals surface area contributed by atoms with E-state index in [0.29, 0.717) is 0 Å². The Morgan fingerprint density at radius 3 is 2.50 bits per heavy atom. The van der Waals surface area contributed by atoms with Crippen LogP contribution in [0.4, 0.5) is 5.69 Å². The van der Waals surface area contributed by atoms with Gasteiger partial charge in [0.25, 0.3) is 0 Å². The Morgan fingerprint density at radius 1 is 1.25 bits per heavy atom. The molecule has 0 saturated heterocycles. The maximum Gasteiger partial charge on any atom is 0.122 e. The molecule has 2 N–H and O–H groups in total. The van der Waals surface area contributed by atoms with Gasteiger partial charge in [-0.05, 0) is 18.6 Å². The molecule has 0 aliphatic carbocycles. The predicted molar refractivity (Wildman–Crippen MR) is 72.3 cm³/mol. The molecule has 1 aromatic rings. The third-order valence-electron chi connectivity index (χ3n) is 1.80. The van der Waals surface area contributed by atoms with Crippen molar-refractivity contribution in [3.63, 3.8) is 0 Å². The molecule has 0 spiro atoms. The molecule has 0 fully saturated rings. The van der Waals surface area contributed by atoms with Crippen LogP contribution in [-0.4, -0.2) is 11.4 Å². The zero-order valence-electron chi connectivity index (χ0n) is 10.5. The summed E-state index contributed by atoms with van der Waals surface area (Å²) in [5, 5.41) is 0. The minimum Gasteiger partial charge on any atom is -0.493 e. The van der Waals surface area contributed by atoms with Crippen molar-refractivity contribution in [2.45, 2.75) is 43.8 Å². The second-order valence-electron chi connectivity index (χ2n) is 4.80. The summed E-state index contributed by atoms with van der Waals surface area (Å²) < 4.78 is 5.79. The topological polar surface area (TPSA) is 35.2 Å². The van der Waals surface area contributed by atoms with Crippen LogP contribution in [0.5, 0.6) is 5.75 Å². The number of thioether (sulfide) groups is 1. The molecule has 1 aromatic carbocycles. The van der Waals surface area contributed by atoms with E-state index in [0.717, 1.165) is 24.5 Å². The van der Waals surface area contributed by atoms with Gasteiger partial charge in [-0.1, -0.05) is 27.7 Å². The number of anilines is 1. The number of ether oxygens (including phenoxy) is 1. The van der Waals surface area contributed by atoms with E-state index < -0.39 is 0 Å². The van der Waals surface area contributed by atoms with Gasteiger partial charge in [0.1, 0.15) is 5.75 Å². The second-order valence-corrected chi connectivity index (χ2v) is 6.70. The van der Waals surface area contributed by atoms with Crippen molar-refractivity contribution in [2.75, 3.05) is 12.3 Å². The molecule has 2 nitrogen and oxygen atoms in total. The first-order chi connectivity index (χ1) is 7.40. The fourth-order valence-electron chi connectivity index (χ4n) is 1.31. The zero-order chi connectivity index (χ0) is 12.2. The van der Waals surface area contributed by atoms with E-state index in [2.05, 4.69) is 33.8 Å². The maximum absolute atomic E-state index is 5.86. The summed E-state index contributed by atoms with van der Waals surface area (Å²) in [7, 11) is 0. The minimum absolute atomic E-state index is 0.190. The van der Waals surface area contributed by atoms with Crippen molar-refractivity contribution in [1.82, 2.24) is 0 Å². The molecule has 3 heteroatoms. The number of benzene rings is 1. The minimum atomic E-state index is 0.190. The molecule has 0 saturated carbocycles. The molecule has 16 heavy (non-hydrogen) atoms. The molecule has 1 rings (SSSR count). The monoisotopic (exact) mass is 239 g/mol. The molecule has 0 heterocycles. The molecule has 0 bridgehead atoms. The van der Waals surface area contributed by atoms with Gasteiger partial charge >= 0.3 is 0 Å². The summed E-state index contributed by atoms with van der Waals surface area (Å²) in [6.45, 7) is 9.40. The van der Waals surface area contributed by atoms with Crippen LogP contribution in [0.25, 0.3) is 0 Å². The van der Waals surface area contributed by atoms with Crippen molar-refractivity contribution < 1.29 is 4.74 Å². The summed E-state index contributed by atoms with van der Waals surface area (Å²) in [5.74, 6) is 0.869. The summed E-state index contributed by atoms with van der Waals surface area (Å²) >= 11 is 1.80. The molecule has 0 amide bonds. The fourth-order valence-corrected chi connectivity index (χ4v) is 2.39. The second kappa shape index (κ2) is 5.48. The van der Waals surface area contributed by atoms with Crippen LogP contribution < -0.4 is 10.5 Å². The number of nitrogens with two attached hydrogens (primary N) is 1. The van der Waals surface area contributed by atoms with Gasteiger partial charge in [0.05, 0.1) is 6.61 Å². The Labute approximate surface area is 103 Å². The van der Waals surface area contributed by atoms with E-state index in [4.69, 9.17) is 10.5 Å². The summed E-state index contributed by atoms with van der Waals surface area (Å²) in [6, 6.07) is 5.93. The average Bonchev–Trinajstić information content (AvgIpc) is 2.10. The first-order valence-corrected chi connectivity index (χ1v) is 6.45.